The van der Waals surface area contributed by atoms with Crippen molar-refractivity contribution in [1.82, 2.24) is 5.32 Å². The van der Waals surface area contributed by atoms with Gasteiger partial charge in [-0.05, 0) is 54.3 Å². The molecular formula is C16H21NS. The average molecular weight is 259 g/mol. The second-order valence-corrected chi connectivity index (χ2v) is 5.53. The summed E-state index contributed by atoms with van der Waals surface area (Å²) in [6, 6.07) is 11.5. The van der Waals surface area contributed by atoms with Crippen molar-refractivity contribution in [2.24, 2.45) is 0 Å². The summed E-state index contributed by atoms with van der Waals surface area (Å²) < 4.78 is 0. The summed E-state index contributed by atoms with van der Waals surface area (Å²) in [5.41, 5.74) is 4.14. The van der Waals surface area contributed by atoms with Crippen molar-refractivity contribution in [3.8, 4) is 0 Å². The van der Waals surface area contributed by atoms with Crippen LogP contribution in [0.15, 0.2) is 41.1 Å². The largest absolute Gasteiger partial charge is 0.310 e. The highest BCUT2D eigenvalue weighted by Crippen LogP contribution is 2.20. The Morgan fingerprint density at radius 1 is 1.17 bits per heavy atom. The number of thiophene rings is 1. The monoisotopic (exact) mass is 259 g/mol. The van der Waals surface area contributed by atoms with Gasteiger partial charge in [0, 0.05) is 6.04 Å². The minimum atomic E-state index is 0.431. The molecule has 0 radical (unpaired) electrons. The normalized spacial score (nSPS) is 12.6. The van der Waals surface area contributed by atoms with Crippen LogP contribution in [0.25, 0.3) is 0 Å². The molecule has 1 unspecified atom stereocenters. The summed E-state index contributed by atoms with van der Waals surface area (Å²) in [6.45, 7) is 5.42. The maximum absolute atomic E-state index is 3.65. The van der Waals surface area contributed by atoms with E-state index in [4.69, 9.17) is 0 Å². The zero-order valence-corrected chi connectivity index (χ0v) is 12.0. The molecule has 1 atom stereocenters. The molecule has 1 aromatic carbocycles. The van der Waals surface area contributed by atoms with E-state index in [-0.39, 0.29) is 0 Å². The lowest BCUT2D eigenvalue weighted by atomic mass is 9.99. The van der Waals surface area contributed by atoms with Crippen LogP contribution in [0.1, 0.15) is 36.1 Å². The first-order chi connectivity index (χ1) is 8.79. The third-order valence-corrected chi connectivity index (χ3v) is 3.87. The van der Waals surface area contributed by atoms with Gasteiger partial charge >= 0.3 is 0 Å². The highest BCUT2D eigenvalue weighted by Gasteiger charge is 2.11. The molecule has 0 amide bonds. The van der Waals surface area contributed by atoms with Crippen LogP contribution in [0, 0.1) is 6.92 Å². The smallest absolute Gasteiger partial charge is 0.0361 e. The molecular weight excluding hydrogens is 238 g/mol. The fourth-order valence-electron chi connectivity index (χ4n) is 2.07. The SMILES string of the molecule is CCCNC(Cc1ccsc1)c1ccc(C)cc1. The predicted octanol–water partition coefficient (Wildman–Crippen LogP) is 4.34. The lowest BCUT2D eigenvalue weighted by Crippen LogP contribution is -2.23. The van der Waals surface area contributed by atoms with Gasteiger partial charge in [0.25, 0.3) is 0 Å². The first-order valence-corrected chi connectivity index (χ1v) is 7.55. The summed E-state index contributed by atoms with van der Waals surface area (Å²) >= 11 is 1.78. The summed E-state index contributed by atoms with van der Waals surface area (Å²) in [7, 11) is 0. The second kappa shape index (κ2) is 6.72. The van der Waals surface area contributed by atoms with E-state index >= 15 is 0 Å². The van der Waals surface area contributed by atoms with Crippen LogP contribution in [0.4, 0.5) is 0 Å². The molecule has 0 saturated carbocycles. The van der Waals surface area contributed by atoms with Crippen molar-refractivity contribution < 1.29 is 0 Å². The molecule has 96 valence electrons. The maximum Gasteiger partial charge on any atom is 0.0361 e. The zero-order valence-electron chi connectivity index (χ0n) is 11.1. The van der Waals surface area contributed by atoms with E-state index in [0.717, 1.165) is 13.0 Å². The fraction of sp³-hybridized carbons (Fsp3) is 0.375. The van der Waals surface area contributed by atoms with Crippen LogP contribution in [0.5, 0.6) is 0 Å². The third kappa shape index (κ3) is 3.69. The first kappa shape index (κ1) is 13.3. The van der Waals surface area contributed by atoms with Gasteiger partial charge in [-0.1, -0.05) is 36.8 Å². The van der Waals surface area contributed by atoms with Gasteiger partial charge < -0.3 is 5.32 Å². The van der Waals surface area contributed by atoms with Crippen LogP contribution in [0.3, 0.4) is 0 Å². The number of benzene rings is 1. The lowest BCUT2D eigenvalue weighted by Gasteiger charge is -2.18. The van der Waals surface area contributed by atoms with E-state index in [0.29, 0.717) is 6.04 Å². The van der Waals surface area contributed by atoms with E-state index in [1.165, 1.54) is 23.1 Å². The molecule has 1 N–H and O–H groups in total. The molecule has 0 saturated heterocycles. The van der Waals surface area contributed by atoms with Crippen LogP contribution >= 0.6 is 11.3 Å². The molecule has 0 bridgehead atoms. The van der Waals surface area contributed by atoms with E-state index in [9.17, 15) is 0 Å². The lowest BCUT2D eigenvalue weighted by molar-refractivity contribution is 0.530. The number of nitrogens with one attached hydrogen (secondary N) is 1. The van der Waals surface area contributed by atoms with Crippen LogP contribution < -0.4 is 5.32 Å². The number of hydrogen-bond acceptors (Lipinski definition) is 2. The molecule has 0 aliphatic carbocycles. The Labute approximate surface area is 114 Å². The number of aryl methyl sites for hydroxylation is 1. The molecule has 1 aromatic heterocycles. The predicted molar refractivity (Wildman–Crippen MR) is 80.2 cm³/mol. The molecule has 2 rings (SSSR count). The van der Waals surface area contributed by atoms with E-state index < -0.39 is 0 Å². The Kier molecular flexibility index (Phi) is 4.97. The fourth-order valence-corrected chi connectivity index (χ4v) is 2.75. The van der Waals surface area contributed by atoms with Gasteiger partial charge in [0.15, 0.2) is 0 Å². The molecule has 0 fully saturated rings. The Morgan fingerprint density at radius 2 is 1.94 bits per heavy atom. The minimum absolute atomic E-state index is 0.431. The average Bonchev–Trinajstić information content (AvgIpc) is 2.88. The highest BCUT2D eigenvalue weighted by atomic mass is 32.1. The van der Waals surface area contributed by atoms with E-state index in [1.807, 2.05) is 0 Å². The molecule has 1 heterocycles. The highest BCUT2D eigenvalue weighted by molar-refractivity contribution is 7.07. The van der Waals surface area contributed by atoms with Crippen molar-refractivity contribution in [2.75, 3.05) is 6.54 Å². The number of rotatable bonds is 6. The molecule has 2 heteroatoms. The number of hydrogen-bond donors (Lipinski definition) is 1. The van der Waals surface area contributed by atoms with Gasteiger partial charge in [0.05, 0.1) is 0 Å². The van der Waals surface area contributed by atoms with Gasteiger partial charge in [-0.25, -0.2) is 0 Å². The van der Waals surface area contributed by atoms with Crippen molar-refractivity contribution in [2.45, 2.75) is 32.7 Å². The first-order valence-electron chi connectivity index (χ1n) is 6.60. The van der Waals surface area contributed by atoms with Gasteiger partial charge in [0.1, 0.15) is 0 Å². The van der Waals surface area contributed by atoms with Crippen LogP contribution in [-0.4, -0.2) is 6.54 Å². The summed E-state index contributed by atoms with van der Waals surface area (Å²) in [6.07, 6.45) is 2.25. The van der Waals surface area contributed by atoms with Crippen molar-refractivity contribution in [3.05, 3.63) is 57.8 Å². The molecule has 1 nitrogen and oxygen atoms in total. The Hall–Kier alpha value is -1.12. The van der Waals surface area contributed by atoms with Crippen molar-refractivity contribution >= 4 is 11.3 Å². The van der Waals surface area contributed by atoms with E-state index in [1.54, 1.807) is 11.3 Å². The standard InChI is InChI=1S/C16H21NS/c1-3-9-17-16(11-14-8-10-18-12-14)15-6-4-13(2)5-7-15/h4-8,10,12,16-17H,3,9,11H2,1-2H3. The quantitative estimate of drug-likeness (QED) is 0.813. The summed E-state index contributed by atoms with van der Waals surface area (Å²) in [4.78, 5) is 0. The van der Waals surface area contributed by atoms with Gasteiger partial charge in [-0.2, -0.15) is 11.3 Å². The molecule has 18 heavy (non-hydrogen) atoms. The molecule has 0 aliphatic heterocycles. The second-order valence-electron chi connectivity index (χ2n) is 4.75. The van der Waals surface area contributed by atoms with Crippen LogP contribution in [0.2, 0.25) is 0 Å². The zero-order chi connectivity index (χ0) is 12.8. The topological polar surface area (TPSA) is 12.0 Å². The third-order valence-electron chi connectivity index (χ3n) is 3.14. The van der Waals surface area contributed by atoms with Gasteiger partial charge in [-0.3, -0.25) is 0 Å². The molecule has 0 aliphatic rings. The van der Waals surface area contributed by atoms with Crippen molar-refractivity contribution in [3.63, 3.8) is 0 Å². The van der Waals surface area contributed by atoms with Gasteiger partial charge in [0.2, 0.25) is 0 Å². The Balaban J connectivity index is 2.11. The molecule has 2 aromatic rings. The Morgan fingerprint density at radius 3 is 2.56 bits per heavy atom. The van der Waals surface area contributed by atoms with Gasteiger partial charge in [-0.15, -0.1) is 0 Å². The summed E-state index contributed by atoms with van der Waals surface area (Å²) in [5.74, 6) is 0. The maximum atomic E-state index is 3.65. The Bertz CT molecular complexity index is 444. The summed E-state index contributed by atoms with van der Waals surface area (Å²) in [5, 5.41) is 8.05. The minimum Gasteiger partial charge on any atom is -0.310 e. The van der Waals surface area contributed by atoms with Crippen LogP contribution in [-0.2, 0) is 6.42 Å². The molecule has 0 spiro atoms. The van der Waals surface area contributed by atoms with Crippen molar-refractivity contribution in [1.29, 1.82) is 0 Å². The van der Waals surface area contributed by atoms with E-state index in [2.05, 4.69) is 60.3 Å².